The summed E-state index contributed by atoms with van der Waals surface area (Å²) in [6.45, 7) is 1.43. The summed E-state index contributed by atoms with van der Waals surface area (Å²) in [6, 6.07) is 7.80. The summed E-state index contributed by atoms with van der Waals surface area (Å²) in [7, 11) is 0. The summed E-state index contributed by atoms with van der Waals surface area (Å²) in [5.74, 6) is 0.0919. The van der Waals surface area contributed by atoms with Gasteiger partial charge in [0.2, 0.25) is 5.91 Å². The highest BCUT2D eigenvalue weighted by molar-refractivity contribution is 5.92. The molecule has 1 amide bonds. The number of carbonyl (C=O) groups is 2. The average molecular weight is 342 g/mol. The Labute approximate surface area is 148 Å². The van der Waals surface area contributed by atoms with Crippen LogP contribution in [0.2, 0.25) is 0 Å². The van der Waals surface area contributed by atoms with Gasteiger partial charge in [-0.15, -0.1) is 0 Å². The molecule has 1 aromatic rings. The molecule has 3 aliphatic rings. The minimum absolute atomic E-state index is 0.0188. The van der Waals surface area contributed by atoms with Crippen molar-refractivity contribution in [2.24, 2.45) is 11.8 Å². The van der Waals surface area contributed by atoms with Gasteiger partial charge in [-0.05, 0) is 49.8 Å². The van der Waals surface area contributed by atoms with Crippen LogP contribution in [0.5, 0.6) is 0 Å². The number of carbonyl (C=O) groups excluding carboxylic acids is 2. The number of aliphatic hydroxyl groups is 1. The van der Waals surface area contributed by atoms with Crippen molar-refractivity contribution in [3.8, 4) is 0 Å². The number of amides is 1. The molecule has 3 atom stereocenters. The second kappa shape index (κ2) is 6.89. The lowest BCUT2D eigenvalue weighted by molar-refractivity contribution is -0.142. The molecule has 134 valence electrons. The van der Waals surface area contributed by atoms with Crippen LogP contribution in [0.25, 0.3) is 0 Å². The highest BCUT2D eigenvalue weighted by Crippen LogP contribution is 2.32. The van der Waals surface area contributed by atoms with E-state index in [1.807, 2.05) is 17.0 Å². The molecule has 5 nitrogen and oxygen atoms in total. The van der Waals surface area contributed by atoms with E-state index in [1.165, 1.54) is 11.1 Å². The summed E-state index contributed by atoms with van der Waals surface area (Å²) in [6.07, 6.45) is 4.00. The van der Waals surface area contributed by atoms with Crippen molar-refractivity contribution in [1.82, 2.24) is 10.2 Å². The normalized spacial score (nSPS) is 29.2. The Morgan fingerprint density at radius 1 is 1.16 bits per heavy atom. The fourth-order valence-corrected chi connectivity index (χ4v) is 4.84. The molecule has 1 aromatic carbocycles. The molecule has 1 unspecified atom stereocenters. The van der Waals surface area contributed by atoms with Crippen LogP contribution in [-0.4, -0.2) is 53.5 Å². The van der Waals surface area contributed by atoms with Gasteiger partial charge in [0.05, 0.1) is 12.6 Å². The van der Waals surface area contributed by atoms with E-state index in [-0.39, 0.29) is 42.2 Å². The van der Waals surface area contributed by atoms with Crippen LogP contribution in [-0.2, 0) is 22.4 Å². The molecule has 2 saturated heterocycles. The van der Waals surface area contributed by atoms with Gasteiger partial charge in [-0.1, -0.05) is 24.3 Å². The Hall–Kier alpha value is -1.72. The van der Waals surface area contributed by atoms with Crippen molar-refractivity contribution >= 4 is 11.7 Å². The summed E-state index contributed by atoms with van der Waals surface area (Å²) >= 11 is 0. The number of likely N-dealkylation sites (tertiary alicyclic amines) is 1. The number of benzene rings is 1. The van der Waals surface area contributed by atoms with E-state index in [2.05, 4.69) is 17.4 Å². The third-order valence-corrected chi connectivity index (χ3v) is 6.17. The lowest BCUT2D eigenvalue weighted by Crippen LogP contribution is -2.48. The highest BCUT2D eigenvalue weighted by atomic mass is 16.3. The van der Waals surface area contributed by atoms with Gasteiger partial charge in [0.15, 0.2) is 5.78 Å². The SMILES string of the molecule is O=C(C1CCN[C@@H]1CO)[C@@H]1CCCN1C(=O)C1Cc2ccccc2C1. The number of fused-ring (bicyclic) bond motifs is 1. The number of hydrogen-bond donors (Lipinski definition) is 2. The van der Waals surface area contributed by atoms with Gasteiger partial charge < -0.3 is 15.3 Å². The predicted molar refractivity (Wildman–Crippen MR) is 94.1 cm³/mol. The summed E-state index contributed by atoms with van der Waals surface area (Å²) < 4.78 is 0. The molecule has 2 fully saturated rings. The molecule has 1 aliphatic carbocycles. The standard InChI is InChI=1S/C20H26N2O3/c23-12-17-16(7-8-21-17)19(24)18-6-3-9-22(18)20(25)15-10-13-4-1-2-5-14(13)11-15/h1-2,4-5,15-18,21,23H,3,6-12H2/t16?,17-,18+/m1/s1. The van der Waals surface area contributed by atoms with Crippen molar-refractivity contribution in [3.63, 3.8) is 0 Å². The number of hydrogen-bond acceptors (Lipinski definition) is 4. The molecule has 4 rings (SSSR count). The Bertz CT molecular complexity index is 650. The molecular formula is C20H26N2O3. The van der Waals surface area contributed by atoms with Crippen LogP contribution in [0, 0.1) is 11.8 Å². The quantitative estimate of drug-likeness (QED) is 0.854. The van der Waals surface area contributed by atoms with Crippen LogP contribution < -0.4 is 5.32 Å². The fourth-order valence-electron chi connectivity index (χ4n) is 4.84. The maximum absolute atomic E-state index is 13.1. The van der Waals surface area contributed by atoms with Crippen molar-refractivity contribution in [2.45, 2.75) is 44.2 Å². The smallest absolute Gasteiger partial charge is 0.226 e. The van der Waals surface area contributed by atoms with E-state index in [0.29, 0.717) is 6.54 Å². The van der Waals surface area contributed by atoms with Gasteiger partial charge in [-0.3, -0.25) is 9.59 Å². The molecular weight excluding hydrogens is 316 g/mol. The Morgan fingerprint density at radius 2 is 1.88 bits per heavy atom. The molecule has 0 aromatic heterocycles. The first-order valence-electron chi connectivity index (χ1n) is 9.44. The maximum atomic E-state index is 13.1. The van der Waals surface area contributed by atoms with E-state index in [1.54, 1.807) is 0 Å². The van der Waals surface area contributed by atoms with Crippen LogP contribution in [0.4, 0.5) is 0 Å². The number of rotatable bonds is 4. The van der Waals surface area contributed by atoms with Gasteiger partial charge in [0, 0.05) is 24.4 Å². The van der Waals surface area contributed by atoms with Gasteiger partial charge in [0.25, 0.3) is 0 Å². The topological polar surface area (TPSA) is 69.6 Å². The zero-order valence-corrected chi connectivity index (χ0v) is 14.5. The van der Waals surface area contributed by atoms with E-state index in [9.17, 15) is 14.7 Å². The fraction of sp³-hybridized carbons (Fsp3) is 0.600. The predicted octanol–water partition coefficient (Wildman–Crippen LogP) is 0.932. The number of nitrogens with zero attached hydrogens (tertiary/aromatic N) is 1. The zero-order valence-electron chi connectivity index (χ0n) is 14.5. The minimum Gasteiger partial charge on any atom is -0.395 e. The Balaban J connectivity index is 1.46. The van der Waals surface area contributed by atoms with E-state index >= 15 is 0 Å². The summed E-state index contributed by atoms with van der Waals surface area (Å²) in [4.78, 5) is 28.0. The largest absolute Gasteiger partial charge is 0.395 e. The monoisotopic (exact) mass is 342 g/mol. The molecule has 2 N–H and O–H groups in total. The second-order valence-electron chi connectivity index (χ2n) is 7.60. The van der Waals surface area contributed by atoms with Gasteiger partial charge >= 0.3 is 0 Å². The minimum atomic E-state index is -0.296. The van der Waals surface area contributed by atoms with Crippen LogP contribution in [0.1, 0.15) is 30.4 Å². The molecule has 25 heavy (non-hydrogen) atoms. The molecule has 5 heteroatoms. The molecule has 0 bridgehead atoms. The van der Waals surface area contributed by atoms with E-state index in [4.69, 9.17) is 0 Å². The lowest BCUT2D eigenvalue weighted by atomic mass is 9.90. The molecule has 0 spiro atoms. The Kier molecular flexibility index (Phi) is 4.61. The zero-order chi connectivity index (χ0) is 17.4. The van der Waals surface area contributed by atoms with E-state index in [0.717, 1.165) is 38.6 Å². The summed E-state index contributed by atoms with van der Waals surface area (Å²) in [5, 5.41) is 12.7. The first-order chi connectivity index (χ1) is 12.2. The van der Waals surface area contributed by atoms with Crippen LogP contribution in [0.15, 0.2) is 24.3 Å². The van der Waals surface area contributed by atoms with Gasteiger partial charge in [-0.2, -0.15) is 0 Å². The number of ketones is 1. The average Bonchev–Trinajstić information content (AvgIpc) is 3.38. The summed E-state index contributed by atoms with van der Waals surface area (Å²) in [5.41, 5.74) is 2.53. The third-order valence-electron chi connectivity index (χ3n) is 6.17. The van der Waals surface area contributed by atoms with Crippen molar-refractivity contribution in [2.75, 3.05) is 19.7 Å². The number of aliphatic hydroxyl groups excluding tert-OH is 1. The van der Waals surface area contributed by atoms with Crippen LogP contribution in [0.3, 0.4) is 0 Å². The van der Waals surface area contributed by atoms with Crippen molar-refractivity contribution in [3.05, 3.63) is 35.4 Å². The first kappa shape index (κ1) is 16.7. The molecule has 0 radical (unpaired) electrons. The van der Waals surface area contributed by atoms with Crippen molar-refractivity contribution in [1.29, 1.82) is 0 Å². The number of Topliss-reactive ketones (excluding diaryl/α,β-unsaturated/α-hetero) is 1. The Morgan fingerprint density at radius 3 is 2.56 bits per heavy atom. The highest BCUT2D eigenvalue weighted by Gasteiger charge is 2.43. The molecule has 0 saturated carbocycles. The first-order valence-corrected chi connectivity index (χ1v) is 9.44. The van der Waals surface area contributed by atoms with Gasteiger partial charge in [-0.25, -0.2) is 0 Å². The van der Waals surface area contributed by atoms with Crippen molar-refractivity contribution < 1.29 is 14.7 Å². The lowest BCUT2D eigenvalue weighted by Gasteiger charge is -2.29. The van der Waals surface area contributed by atoms with Gasteiger partial charge in [0.1, 0.15) is 0 Å². The maximum Gasteiger partial charge on any atom is 0.226 e. The molecule has 2 aliphatic heterocycles. The third kappa shape index (κ3) is 3.00. The van der Waals surface area contributed by atoms with Crippen LogP contribution >= 0.6 is 0 Å². The molecule has 2 heterocycles. The number of nitrogens with one attached hydrogen (secondary N) is 1. The van der Waals surface area contributed by atoms with E-state index < -0.39 is 0 Å². The second-order valence-corrected chi connectivity index (χ2v) is 7.60.